The summed E-state index contributed by atoms with van der Waals surface area (Å²) in [5.41, 5.74) is 0.358. The van der Waals surface area contributed by atoms with E-state index >= 15 is 0 Å². The van der Waals surface area contributed by atoms with Gasteiger partial charge in [-0.2, -0.15) is 8.42 Å². The first-order valence-electron chi connectivity index (χ1n) is 6.96. The number of nitrogens with one attached hydrogen (secondary N) is 2. The standard InChI is InChI=1S/C14H18N4O5S/c1-8-13(19)17-10-5-9(14(20)23-4)6-11(12(10)16-8)24(21,22)15-7-18(2)3/h5-8,16H,1-4H3,(H,17,19)/b15-7+/t8-/m0/s1. The molecule has 9 nitrogen and oxygen atoms in total. The van der Waals surface area contributed by atoms with E-state index in [0.29, 0.717) is 0 Å². The summed E-state index contributed by atoms with van der Waals surface area (Å²) in [7, 11) is 0.334. The number of fused-ring (bicyclic) bond motifs is 1. The normalized spacial score (nSPS) is 17.0. The largest absolute Gasteiger partial charge is 0.465 e. The van der Waals surface area contributed by atoms with Crippen molar-refractivity contribution in [2.24, 2.45) is 4.40 Å². The van der Waals surface area contributed by atoms with Gasteiger partial charge in [0, 0.05) is 14.1 Å². The van der Waals surface area contributed by atoms with Gasteiger partial charge >= 0.3 is 5.97 Å². The van der Waals surface area contributed by atoms with Crippen molar-refractivity contribution in [1.29, 1.82) is 0 Å². The van der Waals surface area contributed by atoms with Gasteiger partial charge in [0.15, 0.2) is 0 Å². The Kier molecular flexibility index (Phi) is 4.78. The highest BCUT2D eigenvalue weighted by molar-refractivity contribution is 7.90. The van der Waals surface area contributed by atoms with Crippen LogP contribution in [0.3, 0.4) is 0 Å². The number of ether oxygens (including phenoxy) is 1. The maximum Gasteiger partial charge on any atom is 0.337 e. The van der Waals surface area contributed by atoms with E-state index in [1.54, 1.807) is 21.0 Å². The van der Waals surface area contributed by atoms with Crippen LogP contribution in [0, 0.1) is 0 Å². The summed E-state index contributed by atoms with van der Waals surface area (Å²) >= 11 is 0. The smallest absolute Gasteiger partial charge is 0.337 e. The molecule has 1 amide bonds. The summed E-state index contributed by atoms with van der Waals surface area (Å²) in [6.45, 7) is 1.59. The van der Waals surface area contributed by atoms with E-state index in [0.717, 1.165) is 6.34 Å². The van der Waals surface area contributed by atoms with Crippen molar-refractivity contribution in [2.45, 2.75) is 17.9 Å². The van der Waals surface area contributed by atoms with Crippen molar-refractivity contribution < 1.29 is 22.7 Å². The average Bonchev–Trinajstić information content (AvgIpc) is 2.52. The van der Waals surface area contributed by atoms with Crippen LogP contribution < -0.4 is 10.6 Å². The number of hydrogen-bond acceptors (Lipinski definition) is 6. The molecule has 0 radical (unpaired) electrons. The van der Waals surface area contributed by atoms with Gasteiger partial charge in [-0.1, -0.05) is 0 Å². The van der Waals surface area contributed by atoms with Crippen LogP contribution in [0.4, 0.5) is 11.4 Å². The molecule has 1 aromatic rings. The second-order valence-corrected chi connectivity index (χ2v) is 7.00. The lowest BCUT2D eigenvalue weighted by Gasteiger charge is -2.26. The van der Waals surface area contributed by atoms with Crippen molar-refractivity contribution in [3.63, 3.8) is 0 Å². The number of rotatable bonds is 4. The molecule has 0 saturated heterocycles. The van der Waals surface area contributed by atoms with Gasteiger partial charge < -0.3 is 20.3 Å². The summed E-state index contributed by atoms with van der Waals surface area (Å²) in [6, 6.07) is 1.89. The molecule has 0 bridgehead atoms. The van der Waals surface area contributed by atoms with Crippen LogP contribution in [0.2, 0.25) is 0 Å². The molecule has 0 spiro atoms. The van der Waals surface area contributed by atoms with Gasteiger partial charge in [0.1, 0.15) is 17.3 Å². The predicted molar refractivity (Wildman–Crippen MR) is 88.9 cm³/mol. The number of hydrogen-bond donors (Lipinski definition) is 2. The Labute approximate surface area is 139 Å². The van der Waals surface area contributed by atoms with Crippen LogP contribution in [0.1, 0.15) is 17.3 Å². The molecule has 0 fully saturated rings. The van der Waals surface area contributed by atoms with Gasteiger partial charge in [-0.25, -0.2) is 4.79 Å². The zero-order valence-corrected chi connectivity index (χ0v) is 14.5. The molecule has 2 N–H and O–H groups in total. The van der Waals surface area contributed by atoms with E-state index in [-0.39, 0.29) is 27.7 Å². The molecular weight excluding hydrogens is 336 g/mol. The molecular formula is C14H18N4O5S. The Bertz CT molecular complexity index is 817. The topological polar surface area (TPSA) is 117 Å². The predicted octanol–water partition coefficient (Wildman–Crippen LogP) is 0.504. The number of methoxy groups -OCH3 is 1. The van der Waals surface area contributed by atoms with Gasteiger partial charge in [-0.3, -0.25) is 4.79 Å². The highest BCUT2D eigenvalue weighted by Crippen LogP contribution is 2.36. The Hall–Kier alpha value is -2.62. The molecule has 1 atom stereocenters. The number of carbonyl (C=O) groups is 2. The third-order valence-electron chi connectivity index (χ3n) is 3.23. The van der Waals surface area contributed by atoms with Crippen LogP contribution in [0.5, 0.6) is 0 Å². The third-order valence-corrected chi connectivity index (χ3v) is 4.48. The van der Waals surface area contributed by atoms with Gasteiger partial charge in [-0.05, 0) is 19.1 Å². The first-order chi connectivity index (χ1) is 11.2. The fraction of sp³-hybridized carbons (Fsp3) is 0.357. The maximum absolute atomic E-state index is 12.5. The number of nitrogens with zero attached hydrogens (tertiary/aromatic N) is 2. The number of anilines is 2. The molecule has 0 unspecified atom stereocenters. The Balaban J connectivity index is 2.67. The first kappa shape index (κ1) is 17.7. The highest BCUT2D eigenvalue weighted by atomic mass is 32.2. The van der Waals surface area contributed by atoms with Crippen LogP contribution in [0.25, 0.3) is 0 Å². The average molecular weight is 354 g/mol. The van der Waals surface area contributed by atoms with Crippen LogP contribution in [-0.4, -0.2) is 58.8 Å². The number of amides is 1. The minimum absolute atomic E-state index is 0.00784. The SMILES string of the molecule is COC(=O)c1cc2c(c(S(=O)(=O)/N=C/N(C)C)c1)N[C@@H](C)C(=O)N2. The zero-order chi connectivity index (χ0) is 18.1. The summed E-state index contributed by atoms with van der Waals surface area (Å²) in [5, 5.41) is 5.40. The molecule has 1 heterocycles. The molecule has 0 aromatic heterocycles. The number of esters is 1. The zero-order valence-electron chi connectivity index (χ0n) is 13.7. The van der Waals surface area contributed by atoms with Crippen molar-refractivity contribution in [3.8, 4) is 0 Å². The van der Waals surface area contributed by atoms with E-state index in [9.17, 15) is 18.0 Å². The minimum Gasteiger partial charge on any atom is -0.465 e. The Morgan fingerprint density at radius 1 is 1.38 bits per heavy atom. The van der Waals surface area contributed by atoms with Crippen molar-refractivity contribution in [2.75, 3.05) is 31.8 Å². The second kappa shape index (κ2) is 6.48. The van der Waals surface area contributed by atoms with Gasteiger partial charge in [0.05, 0.1) is 24.0 Å². The molecule has 130 valence electrons. The fourth-order valence-electron chi connectivity index (χ4n) is 2.04. The summed E-state index contributed by atoms with van der Waals surface area (Å²) < 4.78 is 33.3. The van der Waals surface area contributed by atoms with E-state index in [2.05, 4.69) is 19.8 Å². The van der Waals surface area contributed by atoms with E-state index in [1.165, 1.54) is 24.1 Å². The maximum atomic E-state index is 12.5. The number of carbonyl (C=O) groups excluding carboxylic acids is 2. The van der Waals surface area contributed by atoms with Crippen LogP contribution >= 0.6 is 0 Å². The lowest BCUT2D eigenvalue weighted by molar-refractivity contribution is -0.116. The number of benzene rings is 1. The molecule has 1 aliphatic rings. The van der Waals surface area contributed by atoms with Crippen LogP contribution in [0.15, 0.2) is 21.4 Å². The number of sulfonamides is 1. The molecule has 24 heavy (non-hydrogen) atoms. The molecule has 2 rings (SSSR count). The van der Waals surface area contributed by atoms with Gasteiger partial charge in [0.2, 0.25) is 5.91 Å². The molecule has 1 aromatic carbocycles. The summed E-state index contributed by atoms with van der Waals surface area (Å²) in [5.74, 6) is -1.07. The summed E-state index contributed by atoms with van der Waals surface area (Å²) in [6.07, 6.45) is 1.14. The molecule has 0 saturated carbocycles. The van der Waals surface area contributed by atoms with Gasteiger partial charge in [-0.15, -0.1) is 4.40 Å². The van der Waals surface area contributed by atoms with E-state index in [1.807, 2.05) is 0 Å². The lowest BCUT2D eigenvalue weighted by Crippen LogP contribution is -2.37. The van der Waals surface area contributed by atoms with Crippen molar-refractivity contribution >= 4 is 39.6 Å². The van der Waals surface area contributed by atoms with Crippen molar-refractivity contribution in [3.05, 3.63) is 17.7 Å². The Morgan fingerprint density at radius 2 is 2.04 bits per heavy atom. The Morgan fingerprint density at radius 3 is 2.62 bits per heavy atom. The lowest BCUT2D eigenvalue weighted by atomic mass is 10.1. The third kappa shape index (κ3) is 3.48. The summed E-state index contributed by atoms with van der Waals surface area (Å²) in [4.78, 5) is 24.8. The fourth-order valence-corrected chi connectivity index (χ4v) is 3.17. The quantitative estimate of drug-likeness (QED) is 0.459. The first-order valence-corrected chi connectivity index (χ1v) is 8.40. The molecule has 0 aliphatic carbocycles. The van der Waals surface area contributed by atoms with E-state index in [4.69, 9.17) is 0 Å². The highest BCUT2D eigenvalue weighted by Gasteiger charge is 2.30. The monoisotopic (exact) mass is 354 g/mol. The second-order valence-electron chi connectivity index (χ2n) is 5.40. The molecule has 1 aliphatic heterocycles. The van der Waals surface area contributed by atoms with Crippen molar-refractivity contribution in [1.82, 2.24) is 4.90 Å². The van der Waals surface area contributed by atoms with Crippen LogP contribution in [-0.2, 0) is 19.6 Å². The minimum atomic E-state index is -4.10. The van der Waals surface area contributed by atoms with Gasteiger partial charge in [0.25, 0.3) is 10.0 Å². The molecule has 10 heteroatoms. The van der Waals surface area contributed by atoms with E-state index < -0.39 is 22.0 Å².